The van der Waals surface area contributed by atoms with Crippen LogP contribution in [0.15, 0.2) is 53.5 Å². The highest BCUT2D eigenvalue weighted by molar-refractivity contribution is 5.89. The van der Waals surface area contributed by atoms with Gasteiger partial charge >= 0.3 is 18.2 Å². The number of anilines is 1. The lowest BCUT2D eigenvalue weighted by Crippen LogP contribution is -2.45. The molecule has 0 saturated carbocycles. The van der Waals surface area contributed by atoms with Gasteiger partial charge in [0.1, 0.15) is 24.0 Å². The second-order valence-corrected chi connectivity index (χ2v) is 9.91. The van der Waals surface area contributed by atoms with Gasteiger partial charge in [-0.15, -0.1) is 0 Å². The average molecular weight is 542 g/mol. The molecule has 210 valence electrons. The minimum atomic E-state index is -0.918. The number of cyclic esters (lactones) is 1. The van der Waals surface area contributed by atoms with Gasteiger partial charge in [-0.3, -0.25) is 4.90 Å². The number of alkyl carbamates (subject to hydrolysis) is 1. The van der Waals surface area contributed by atoms with Gasteiger partial charge < -0.3 is 35.7 Å². The number of esters is 1. The lowest BCUT2D eigenvalue weighted by atomic mass is 10.1. The summed E-state index contributed by atoms with van der Waals surface area (Å²) in [4.78, 5) is 42.3. The van der Waals surface area contributed by atoms with Gasteiger partial charge in [0.05, 0.1) is 20.2 Å². The molecule has 1 saturated heterocycles. The van der Waals surface area contributed by atoms with Crippen LogP contribution in [0.2, 0.25) is 0 Å². The van der Waals surface area contributed by atoms with Crippen LogP contribution >= 0.6 is 0 Å². The van der Waals surface area contributed by atoms with E-state index in [9.17, 15) is 14.4 Å². The Labute approximate surface area is 227 Å². The Bertz CT molecular complexity index is 1190. The molecule has 0 spiro atoms. The van der Waals surface area contributed by atoms with Crippen LogP contribution in [0.1, 0.15) is 31.9 Å². The maximum absolute atomic E-state index is 12.5. The van der Waals surface area contributed by atoms with Gasteiger partial charge in [0.2, 0.25) is 0 Å². The molecule has 1 fully saturated rings. The zero-order valence-corrected chi connectivity index (χ0v) is 22.5. The highest BCUT2D eigenvalue weighted by Crippen LogP contribution is 2.24. The van der Waals surface area contributed by atoms with Crippen molar-refractivity contribution in [2.24, 2.45) is 16.5 Å². The number of rotatable bonds is 10. The highest BCUT2D eigenvalue weighted by atomic mass is 16.6. The number of carbonyl (C=O) groups excluding carboxylic acids is 3. The Kier molecular flexibility index (Phi) is 9.58. The van der Waals surface area contributed by atoms with E-state index in [1.165, 1.54) is 12.0 Å². The lowest BCUT2D eigenvalue weighted by Gasteiger charge is -2.22. The fourth-order valence-corrected chi connectivity index (χ4v) is 3.76. The third kappa shape index (κ3) is 9.09. The van der Waals surface area contributed by atoms with Crippen LogP contribution in [0.5, 0.6) is 5.75 Å². The van der Waals surface area contributed by atoms with Crippen LogP contribution < -0.4 is 26.4 Å². The van der Waals surface area contributed by atoms with Crippen molar-refractivity contribution in [3.63, 3.8) is 0 Å². The molecule has 1 heterocycles. The maximum Gasteiger partial charge on any atom is 0.414 e. The van der Waals surface area contributed by atoms with E-state index in [0.717, 1.165) is 11.1 Å². The predicted molar refractivity (Wildman–Crippen MR) is 144 cm³/mol. The molecule has 12 heteroatoms. The van der Waals surface area contributed by atoms with Crippen LogP contribution in [0.3, 0.4) is 0 Å². The van der Waals surface area contributed by atoms with Crippen molar-refractivity contribution in [2.45, 2.75) is 51.5 Å². The molecule has 0 aliphatic carbocycles. The molecule has 39 heavy (non-hydrogen) atoms. The summed E-state index contributed by atoms with van der Waals surface area (Å²) in [5.74, 6) is -0.0373. The smallest absolute Gasteiger partial charge is 0.414 e. The van der Waals surface area contributed by atoms with E-state index < -0.39 is 35.9 Å². The summed E-state index contributed by atoms with van der Waals surface area (Å²) < 4.78 is 21.3. The zero-order valence-electron chi connectivity index (χ0n) is 22.5. The molecular formula is C27H35N5O7. The maximum atomic E-state index is 12.5. The van der Waals surface area contributed by atoms with Crippen LogP contribution in [0.4, 0.5) is 15.3 Å². The number of nitrogens with one attached hydrogen (secondary N) is 1. The Morgan fingerprint density at radius 2 is 1.87 bits per heavy atom. The van der Waals surface area contributed by atoms with Crippen molar-refractivity contribution < 1.29 is 33.3 Å². The summed E-state index contributed by atoms with van der Waals surface area (Å²) in [6, 6.07) is 13.4. The molecule has 2 unspecified atom stereocenters. The topological polar surface area (TPSA) is 168 Å². The van der Waals surface area contributed by atoms with E-state index in [0.29, 0.717) is 24.5 Å². The lowest BCUT2D eigenvalue weighted by molar-refractivity contribution is -0.143. The van der Waals surface area contributed by atoms with Crippen LogP contribution in [-0.2, 0) is 32.0 Å². The second-order valence-electron chi connectivity index (χ2n) is 9.91. The van der Waals surface area contributed by atoms with Crippen molar-refractivity contribution in [2.75, 3.05) is 25.2 Å². The number of nitrogens with two attached hydrogens (primary N) is 2. The van der Waals surface area contributed by atoms with Crippen LogP contribution in [0.25, 0.3) is 0 Å². The van der Waals surface area contributed by atoms with Gasteiger partial charge in [-0.2, -0.15) is 0 Å². The standard InChI is InChI=1S/C27H35N5O7/c1-27(2,3)39-25(34)31-22(23(33)36-4)13-17-8-10-20(11-9-17)37-16-21-15-32(26(35)38-21)19-7-5-6-18(12-19)14-30-24(28)29/h5-12,21-22H,13-16H2,1-4H3,(H,31,34)(H4,28,29,30). The molecule has 2 amide bonds. The Morgan fingerprint density at radius 1 is 1.15 bits per heavy atom. The first-order chi connectivity index (χ1) is 18.4. The number of nitrogens with zero attached hydrogens (tertiary/aromatic N) is 2. The van der Waals surface area contributed by atoms with Gasteiger partial charge in [-0.05, 0) is 56.2 Å². The van der Waals surface area contributed by atoms with Crippen LogP contribution in [0, 0.1) is 0 Å². The second kappa shape index (κ2) is 12.9. The molecule has 1 aliphatic heterocycles. The molecule has 0 bridgehead atoms. The molecule has 2 aromatic rings. The quantitative estimate of drug-likeness (QED) is 0.177. The molecule has 12 nitrogen and oxygen atoms in total. The van der Waals surface area contributed by atoms with E-state index in [2.05, 4.69) is 10.3 Å². The number of ether oxygens (including phenoxy) is 4. The Hall–Kier alpha value is -4.48. The summed E-state index contributed by atoms with van der Waals surface area (Å²) in [6.45, 7) is 5.98. The van der Waals surface area contributed by atoms with Crippen molar-refractivity contribution in [1.29, 1.82) is 0 Å². The number of methoxy groups -OCH3 is 1. The van der Waals surface area contributed by atoms with Crippen LogP contribution in [-0.4, -0.2) is 62.1 Å². The minimum Gasteiger partial charge on any atom is -0.490 e. The normalized spacial score (nSPS) is 15.6. The van der Waals surface area contributed by atoms with Gasteiger partial charge in [-0.25, -0.2) is 19.4 Å². The first-order valence-electron chi connectivity index (χ1n) is 12.3. The van der Waals surface area contributed by atoms with E-state index in [1.807, 2.05) is 24.3 Å². The third-order valence-corrected chi connectivity index (χ3v) is 5.52. The highest BCUT2D eigenvalue weighted by Gasteiger charge is 2.33. The summed E-state index contributed by atoms with van der Waals surface area (Å²) in [7, 11) is 1.25. The SMILES string of the molecule is COC(=O)C(Cc1ccc(OCC2CN(c3cccc(CN=C(N)N)c3)C(=O)O2)cc1)NC(=O)OC(C)(C)C. The van der Waals surface area contributed by atoms with Crippen molar-refractivity contribution >= 4 is 29.8 Å². The Balaban J connectivity index is 1.54. The number of hydrogen-bond donors (Lipinski definition) is 3. The number of carbonyl (C=O) groups is 3. The van der Waals surface area contributed by atoms with Crippen molar-refractivity contribution in [1.82, 2.24) is 5.32 Å². The monoisotopic (exact) mass is 541 g/mol. The fourth-order valence-electron chi connectivity index (χ4n) is 3.76. The molecule has 2 aromatic carbocycles. The van der Waals surface area contributed by atoms with Gasteiger partial charge in [0.25, 0.3) is 0 Å². The molecule has 2 atom stereocenters. The number of hydrogen-bond acceptors (Lipinski definition) is 8. The number of guanidine groups is 1. The third-order valence-electron chi connectivity index (χ3n) is 5.52. The first-order valence-corrected chi connectivity index (χ1v) is 12.3. The van der Waals surface area contributed by atoms with E-state index >= 15 is 0 Å². The summed E-state index contributed by atoms with van der Waals surface area (Å²) in [5, 5.41) is 2.55. The number of benzene rings is 2. The number of aliphatic imine (C=N–C) groups is 1. The number of amides is 2. The molecular weight excluding hydrogens is 506 g/mol. The summed E-state index contributed by atoms with van der Waals surface area (Å²) in [6.07, 6.45) is -1.45. The summed E-state index contributed by atoms with van der Waals surface area (Å²) in [5.41, 5.74) is 12.4. The molecule has 0 radical (unpaired) electrons. The average Bonchev–Trinajstić information content (AvgIpc) is 3.25. The van der Waals surface area contributed by atoms with E-state index in [1.54, 1.807) is 45.0 Å². The van der Waals surface area contributed by atoms with Gasteiger partial charge in [0, 0.05) is 12.1 Å². The summed E-state index contributed by atoms with van der Waals surface area (Å²) >= 11 is 0. The Morgan fingerprint density at radius 3 is 2.51 bits per heavy atom. The fraction of sp³-hybridized carbons (Fsp3) is 0.407. The largest absolute Gasteiger partial charge is 0.490 e. The minimum absolute atomic E-state index is 0.00743. The van der Waals surface area contributed by atoms with E-state index in [-0.39, 0.29) is 19.0 Å². The van der Waals surface area contributed by atoms with Gasteiger partial charge in [-0.1, -0.05) is 24.3 Å². The predicted octanol–water partition coefficient (Wildman–Crippen LogP) is 2.47. The van der Waals surface area contributed by atoms with E-state index in [4.69, 9.17) is 30.4 Å². The molecule has 3 rings (SSSR count). The van der Waals surface area contributed by atoms with Crippen molar-refractivity contribution in [3.8, 4) is 5.75 Å². The van der Waals surface area contributed by atoms with Gasteiger partial charge in [0.15, 0.2) is 12.1 Å². The first kappa shape index (κ1) is 29.1. The van der Waals surface area contributed by atoms with Crippen molar-refractivity contribution in [3.05, 3.63) is 59.7 Å². The molecule has 5 N–H and O–H groups in total. The molecule has 1 aliphatic rings. The zero-order chi connectivity index (χ0) is 28.6. The molecule has 0 aromatic heterocycles.